The molecule has 0 saturated carbocycles. The molecule has 2 amide bonds. The summed E-state index contributed by atoms with van der Waals surface area (Å²) in [6.07, 6.45) is 2.37. The first kappa shape index (κ1) is 18.6. The van der Waals surface area contributed by atoms with Crippen LogP contribution in [0, 0.1) is 11.8 Å². The Balaban J connectivity index is 1.43. The summed E-state index contributed by atoms with van der Waals surface area (Å²) >= 11 is 0. The number of likely N-dealkylation sites (N-methyl/N-ethyl adjacent to an activating group) is 1. The smallest absolute Gasteiger partial charge is 0.289 e. The van der Waals surface area contributed by atoms with Gasteiger partial charge in [0.1, 0.15) is 11.5 Å². The molecular formula is C18H26N8O2. The van der Waals surface area contributed by atoms with Gasteiger partial charge in [0.25, 0.3) is 11.8 Å². The van der Waals surface area contributed by atoms with E-state index in [0.717, 1.165) is 18.8 Å². The first-order chi connectivity index (χ1) is 13.4. The predicted octanol–water partition coefficient (Wildman–Crippen LogP) is -0.752. The van der Waals surface area contributed by atoms with E-state index < -0.39 is 0 Å². The molecule has 0 aromatic carbocycles. The average Bonchev–Trinajstić information content (AvgIpc) is 3.36. The third-order valence-electron chi connectivity index (χ3n) is 5.64. The van der Waals surface area contributed by atoms with Gasteiger partial charge < -0.3 is 19.7 Å². The fourth-order valence-electron chi connectivity index (χ4n) is 4.08. The van der Waals surface area contributed by atoms with Crippen molar-refractivity contribution >= 4 is 11.8 Å². The van der Waals surface area contributed by atoms with E-state index >= 15 is 0 Å². The van der Waals surface area contributed by atoms with Crippen LogP contribution in [0.1, 0.15) is 26.9 Å². The molecule has 2 aliphatic heterocycles. The molecule has 1 saturated heterocycles. The third kappa shape index (κ3) is 3.39. The Morgan fingerprint density at radius 3 is 2.71 bits per heavy atom. The summed E-state index contributed by atoms with van der Waals surface area (Å²) in [6, 6.07) is 1.75. The second kappa shape index (κ2) is 7.34. The van der Waals surface area contributed by atoms with Crippen LogP contribution in [-0.4, -0.2) is 86.4 Å². The van der Waals surface area contributed by atoms with E-state index in [4.69, 9.17) is 0 Å². The van der Waals surface area contributed by atoms with Gasteiger partial charge in [-0.25, -0.2) is 0 Å². The highest BCUT2D eigenvalue weighted by molar-refractivity contribution is 5.92. The number of nitrogens with zero attached hydrogens (tertiary/aromatic N) is 7. The van der Waals surface area contributed by atoms with E-state index in [-0.39, 0.29) is 11.8 Å². The van der Waals surface area contributed by atoms with Crippen molar-refractivity contribution in [2.24, 2.45) is 18.9 Å². The van der Waals surface area contributed by atoms with Gasteiger partial charge in [0, 0.05) is 52.4 Å². The summed E-state index contributed by atoms with van der Waals surface area (Å²) in [5, 5.41) is 15.4. The Labute approximate surface area is 163 Å². The van der Waals surface area contributed by atoms with Gasteiger partial charge in [0.05, 0.1) is 0 Å². The van der Waals surface area contributed by atoms with E-state index in [1.807, 2.05) is 28.5 Å². The zero-order valence-electron chi connectivity index (χ0n) is 16.5. The van der Waals surface area contributed by atoms with Crippen molar-refractivity contribution in [3.63, 3.8) is 0 Å². The van der Waals surface area contributed by atoms with Crippen LogP contribution < -0.4 is 5.32 Å². The first-order valence-corrected chi connectivity index (χ1v) is 9.56. The molecule has 2 atom stereocenters. The highest BCUT2D eigenvalue weighted by Crippen LogP contribution is 2.33. The van der Waals surface area contributed by atoms with E-state index in [1.165, 1.54) is 0 Å². The number of likely N-dealkylation sites (tertiary alicyclic amines) is 1. The maximum Gasteiger partial charge on any atom is 0.289 e. The van der Waals surface area contributed by atoms with Crippen molar-refractivity contribution in [2.45, 2.75) is 13.0 Å². The summed E-state index contributed by atoms with van der Waals surface area (Å²) in [7, 11) is 5.70. The lowest BCUT2D eigenvalue weighted by atomic mass is 9.89. The van der Waals surface area contributed by atoms with Crippen molar-refractivity contribution in [1.29, 1.82) is 0 Å². The number of aryl methyl sites for hydroxylation is 1. The van der Waals surface area contributed by atoms with E-state index in [0.29, 0.717) is 49.5 Å². The van der Waals surface area contributed by atoms with Crippen molar-refractivity contribution in [1.82, 2.24) is 39.7 Å². The van der Waals surface area contributed by atoms with E-state index in [1.54, 1.807) is 24.0 Å². The minimum Gasteiger partial charge on any atom is -0.348 e. The Morgan fingerprint density at radius 2 is 2.00 bits per heavy atom. The van der Waals surface area contributed by atoms with Crippen LogP contribution in [0.2, 0.25) is 0 Å². The first-order valence-electron chi connectivity index (χ1n) is 9.56. The maximum absolute atomic E-state index is 12.8. The SMILES string of the molecule is CN(C)CCNC(=O)c1nnc2n1C[C@@H]1CN(C(=O)c3ccnn3C)C[C@@H]1C2. The molecule has 2 aromatic heterocycles. The van der Waals surface area contributed by atoms with Gasteiger partial charge in [-0.1, -0.05) is 0 Å². The van der Waals surface area contributed by atoms with Crippen LogP contribution in [-0.2, 0) is 20.0 Å². The quantitative estimate of drug-likeness (QED) is 0.726. The Kier molecular flexibility index (Phi) is 4.88. The topological polar surface area (TPSA) is 101 Å². The summed E-state index contributed by atoms with van der Waals surface area (Å²) in [5.41, 5.74) is 0.596. The normalized spacial score (nSPS) is 20.9. The molecule has 150 valence electrons. The Hall–Kier alpha value is -2.75. The van der Waals surface area contributed by atoms with Crippen LogP contribution in [0.25, 0.3) is 0 Å². The molecule has 1 N–H and O–H groups in total. The lowest BCUT2D eigenvalue weighted by Gasteiger charge is -2.25. The molecule has 4 heterocycles. The number of hydrogen-bond acceptors (Lipinski definition) is 6. The van der Waals surface area contributed by atoms with Gasteiger partial charge >= 0.3 is 0 Å². The molecule has 0 spiro atoms. The fourth-order valence-corrected chi connectivity index (χ4v) is 4.08. The highest BCUT2D eigenvalue weighted by atomic mass is 16.2. The molecule has 2 aromatic rings. The highest BCUT2D eigenvalue weighted by Gasteiger charge is 2.41. The molecule has 10 nitrogen and oxygen atoms in total. The molecule has 10 heteroatoms. The van der Waals surface area contributed by atoms with Gasteiger partial charge in [-0.2, -0.15) is 5.10 Å². The minimum atomic E-state index is -0.195. The number of fused-ring (bicyclic) bond motifs is 2. The molecule has 2 aliphatic rings. The van der Waals surface area contributed by atoms with Crippen LogP contribution in [0.5, 0.6) is 0 Å². The zero-order valence-corrected chi connectivity index (χ0v) is 16.5. The summed E-state index contributed by atoms with van der Waals surface area (Å²) in [4.78, 5) is 29.2. The molecule has 4 rings (SSSR count). The van der Waals surface area contributed by atoms with E-state index in [9.17, 15) is 9.59 Å². The molecule has 0 radical (unpaired) electrons. The number of carbonyl (C=O) groups is 2. The van der Waals surface area contributed by atoms with E-state index in [2.05, 4.69) is 20.6 Å². The van der Waals surface area contributed by atoms with Crippen molar-refractivity contribution in [3.8, 4) is 0 Å². The summed E-state index contributed by atoms with van der Waals surface area (Å²) < 4.78 is 3.53. The van der Waals surface area contributed by atoms with Crippen LogP contribution in [0.3, 0.4) is 0 Å². The standard InChI is InChI=1S/C18H26N8O2/c1-23(2)7-6-19-17(27)16-22-21-15-8-12-9-25(10-13(12)11-26(15)16)18(28)14-4-5-20-24(14)3/h4-5,12-13H,6-11H2,1-3H3,(H,19,27)/t12-,13-/m0/s1. The zero-order chi connectivity index (χ0) is 19.8. The Morgan fingerprint density at radius 1 is 1.21 bits per heavy atom. The van der Waals surface area contributed by atoms with Gasteiger partial charge in [0.2, 0.25) is 5.82 Å². The lowest BCUT2D eigenvalue weighted by molar-refractivity contribution is 0.0772. The number of nitrogens with one attached hydrogen (secondary N) is 1. The third-order valence-corrected chi connectivity index (χ3v) is 5.64. The molecular weight excluding hydrogens is 360 g/mol. The molecule has 0 unspecified atom stereocenters. The van der Waals surface area contributed by atoms with Gasteiger partial charge in [-0.3, -0.25) is 14.3 Å². The van der Waals surface area contributed by atoms with Gasteiger partial charge in [-0.05, 0) is 32.0 Å². The minimum absolute atomic E-state index is 0.00631. The van der Waals surface area contributed by atoms with Gasteiger partial charge in [-0.15, -0.1) is 10.2 Å². The largest absolute Gasteiger partial charge is 0.348 e. The number of hydrogen-bond donors (Lipinski definition) is 1. The van der Waals surface area contributed by atoms with Crippen LogP contribution >= 0.6 is 0 Å². The van der Waals surface area contributed by atoms with Gasteiger partial charge in [0.15, 0.2) is 0 Å². The number of carbonyl (C=O) groups excluding carboxylic acids is 2. The monoisotopic (exact) mass is 386 g/mol. The number of aromatic nitrogens is 5. The predicted molar refractivity (Wildman–Crippen MR) is 101 cm³/mol. The fraction of sp³-hybridized carbons (Fsp3) is 0.611. The second-order valence-electron chi connectivity index (χ2n) is 7.88. The van der Waals surface area contributed by atoms with Crippen molar-refractivity contribution < 1.29 is 9.59 Å². The molecule has 28 heavy (non-hydrogen) atoms. The second-order valence-corrected chi connectivity index (χ2v) is 7.88. The lowest BCUT2D eigenvalue weighted by Crippen LogP contribution is -2.35. The number of amides is 2. The summed E-state index contributed by atoms with van der Waals surface area (Å²) in [6.45, 7) is 3.37. The molecule has 0 aliphatic carbocycles. The Bertz CT molecular complexity index is 886. The maximum atomic E-state index is 12.8. The van der Waals surface area contributed by atoms with Crippen molar-refractivity contribution in [2.75, 3.05) is 40.3 Å². The number of rotatable bonds is 5. The summed E-state index contributed by atoms with van der Waals surface area (Å²) in [5.74, 6) is 1.65. The average molecular weight is 386 g/mol. The molecule has 1 fully saturated rings. The van der Waals surface area contributed by atoms with Crippen molar-refractivity contribution in [3.05, 3.63) is 29.6 Å². The van der Waals surface area contributed by atoms with Crippen LogP contribution in [0.4, 0.5) is 0 Å². The van der Waals surface area contributed by atoms with Crippen LogP contribution in [0.15, 0.2) is 12.3 Å². The molecule has 0 bridgehead atoms.